The second kappa shape index (κ2) is 5.60. The molecule has 0 amide bonds. The van der Waals surface area contributed by atoms with Crippen LogP contribution in [0.25, 0.3) is 0 Å². The van der Waals surface area contributed by atoms with Crippen molar-refractivity contribution in [1.29, 1.82) is 0 Å². The standard InChI is InChI=1S/C14H17NO3/c1-10(14-12(16)5-2-6-13(14)17)15-8-7-11-4-3-9-18-11/h2-6,9-10,15-17H,7-8H2,1H3. The van der Waals surface area contributed by atoms with E-state index in [1.165, 1.54) is 0 Å². The summed E-state index contributed by atoms with van der Waals surface area (Å²) in [6.07, 6.45) is 2.42. The summed E-state index contributed by atoms with van der Waals surface area (Å²) in [5, 5.41) is 22.7. The molecular weight excluding hydrogens is 230 g/mol. The number of benzene rings is 1. The molecule has 18 heavy (non-hydrogen) atoms. The Bertz CT molecular complexity index is 473. The molecule has 3 N–H and O–H groups in total. The van der Waals surface area contributed by atoms with E-state index < -0.39 is 0 Å². The summed E-state index contributed by atoms with van der Waals surface area (Å²) in [6, 6.07) is 8.40. The lowest BCUT2D eigenvalue weighted by Gasteiger charge is -2.16. The Morgan fingerprint density at radius 3 is 2.50 bits per heavy atom. The van der Waals surface area contributed by atoms with E-state index in [4.69, 9.17) is 4.42 Å². The maximum absolute atomic E-state index is 9.73. The van der Waals surface area contributed by atoms with Crippen molar-refractivity contribution in [2.45, 2.75) is 19.4 Å². The summed E-state index contributed by atoms with van der Waals surface area (Å²) in [5.41, 5.74) is 0.525. The van der Waals surface area contributed by atoms with Crippen LogP contribution in [0, 0.1) is 0 Å². The Labute approximate surface area is 106 Å². The Morgan fingerprint density at radius 2 is 1.89 bits per heavy atom. The highest BCUT2D eigenvalue weighted by Gasteiger charge is 2.14. The van der Waals surface area contributed by atoms with Gasteiger partial charge < -0.3 is 19.9 Å². The quantitative estimate of drug-likeness (QED) is 0.759. The Hall–Kier alpha value is -1.94. The first-order valence-electron chi connectivity index (χ1n) is 5.95. The first kappa shape index (κ1) is 12.5. The molecule has 0 bridgehead atoms. The second-order valence-electron chi connectivity index (χ2n) is 4.22. The Balaban J connectivity index is 1.93. The fraction of sp³-hybridized carbons (Fsp3) is 0.286. The summed E-state index contributed by atoms with van der Waals surface area (Å²) < 4.78 is 5.23. The average Bonchev–Trinajstić information content (AvgIpc) is 2.82. The van der Waals surface area contributed by atoms with Crippen LogP contribution in [0.15, 0.2) is 41.0 Å². The Morgan fingerprint density at radius 1 is 1.17 bits per heavy atom. The number of phenols is 2. The summed E-state index contributed by atoms with van der Waals surface area (Å²) in [6.45, 7) is 2.61. The lowest BCUT2D eigenvalue weighted by atomic mass is 10.1. The van der Waals surface area contributed by atoms with Gasteiger partial charge in [-0.05, 0) is 31.2 Å². The van der Waals surface area contributed by atoms with Gasteiger partial charge in [-0.1, -0.05) is 6.07 Å². The highest BCUT2D eigenvalue weighted by molar-refractivity contribution is 5.44. The number of hydrogen-bond acceptors (Lipinski definition) is 4. The molecule has 0 saturated heterocycles. The third-order valence-corrected chi connectivity index (χ3v) is 2.90. The molecule has 1 aromatic heterocycles. The molecule has 0 radical (unpaired) electrons. The van der Waals surface area contributed by atoms with E-state index in [0.29, 0.717) is 12.1 Å². The average molecular weight is 247 g/mol. The van der Waals surface area contributed by atoms with Gasteiger partial charge in [-0.2, -0.15) is 0 Å². The highest BCUT2D eigenvalue weighted by atomic mass is 16.3. The van der Waals surface area contributed by atoms with E-state index in [9.17, 15) is 10.2 Å². The zero-order chi connectivity index (χ0) is 13.0. The van der Waals surface area contributed by atoms with Gasteiger partial charge in [0.1, 0.15) is 17.3 Å². The fourth-order valence-corrected chi connectivity index (χ4v) is 1.95. The second-order valence-corrected chi connectivity index (χ2v) is 4.22. The van der Waals surface area contributed by atoms with Crippen LogP contribution in [-0.4, -0.2) is 16.8 Å². The molecule has 0 aliphatic rings. The van der Waals surface area contributed by atoms with Gasteiger partial charge in [0.25, 0.3) is 0 Å². The number of hydrogen-bond donors (Lipinski definition) is 3. The molecule has 2 rings (SSSR count). The van der Waals surface area contributed by atoms with Gasteiger partial charge in [0.05, 0.1) is 11.8 Å². The van der Waals surface area contributed by atoms with Gasteiger partial charge in [-0.3, -0.25) is 0 Å². The number of phenolic OH excluding ortho intramolecular Hbond substituents is 2. The van der Waals surface area contributed by atoms with Gasteiger partial charge in [0.15, 0.2) is 0 Å². The Kier molecular flexibility index (Phi) is 3.89. The van der Waals surface area contributed by atoms with Crippen LogP contribution in [0.1, 0.15) is 24.3 Å². The van der Waals surface area contributed by atoms with E-state index in [1.807, 2.05) is 19.1 Å². The minimum absolute atomic E-state index is 0.105. The molecule has 96 valence electrons. The maximum Gasteiger partial charge on any atom is 0.124 e. The minimum Gasteiger partial charge on any atom is -0.507 e. The lowest BCUT2D eigenvalue weighted by Crippen LogP contribution is -2.21. The summed E-state index contributed by atoms with van der Waals surface area (Å²) in [5.74, 6) is 1.12. The van der Waals surface area contributed by atoms with Gasteiger partial charge in [-0.25, -0.2) is 0 Å². The molecular formula is C14H17NO3. The predicted octanol–water partition coefficient (Wildman–Crippen LogP) is 2.58. The van der Waals surface area contributed by atoms with Crippen molar-refractivity contribution in [2.75, 3.05) is 6.54 Å². The summed E-state index contributed by atoms with van der Waals surface area (Å²) in [7, 11) is 0. The van der Waals surface area contributed by atoms with Crippen LogP contribution in [0.5, 0.6) is 11.5 Å². The van der Waals surface area contributed by atoms with Gasteiger partial charge in [0, 0.05) is 19.0 Å². The monoisotopic (exact) mass is 247 g/mol. The van der Waals surface area contributed by atoms with E-state index in [0.717, 1.165) is 12.2 Å². The summed E-state index contributed by atoms with van der Waals surface area (Å²) in [4.78, 5) is 0. The first-order valence-corrected chi connectivity index (χ1v) is 5.95. The molecule has 1 heterocycles. The van der Waals surface area contributed by atoms with Crippen molar-refractivity contribution in [2.24, 2.45) is 0 Å². The molecule has 2 aromatic rings. The molecule has 0 aliphatic carbocycles. The molecule has 4 heteroatoms. The van der Waals surface area contributed by atoms with Crippen molar-refractivity contribution in [1.82, 2.24) is 5.32 Å². The van der Waals surface area contributed by atoms with Crippen LogP contribution >= 0.6 is 0 Å². The van der Waals surface area contributed by atoms with E-state index in [-0.39, 0.29) is 17.5 Å². The van der Waals surface area contributed by atoms with Crippen LogP contribution < -0.4 is 5.32 Å². The SMILES string of the molecule is CC(NCCc1ccco1)c1c(O)cccc1O. The highest BCUT2D eigenvalue weighted by Crippen LogP contribution is 2.31. The van der Waals surface area contributed by atoms with Crippen molar-refractivity contribution in [3.63, 3.8) is 0 Å². The molecule has 0 spiro atoms. The van der Waals surface area contributed by atoms with Crippen molar-refractivity contribution < 1.29 is 14.6 Å². The number of nitrogens with one attached hydrogen (secondary N) is 1. The molecule has 0 aliphatic heterocycles. The zero-order valence-electron chi connectivity index (χ0n) is 10.3. The van der Waals surface area contributed by atoms with Crippen molar-refractivity contribution in [3.8, 4) is 11.5 Å². The fourth-order valence-electron chi connectivity index (χ4n) is 1.95. The van der Waals surface area contributed by atoms with Crippen LogP contribution in [-0.2, 0) is 6.42 Å². The van der Waals surface area contributed by atoms with Crippen LogP contribution in [0.3, 0.4) is 0 Å². The zero-order valence-corrected chi connectivity index (χ0v) is 10.3. The van der Waals surface area contributed by atoms with Crippen molar-refractivity contribution >= 4 is 0 Å². The van der Waals surface area contributed by atoms with Gasteiger partial charge in [-0.15, -0.1) is 0 Å². The smallest absolute Gasteiger partial charge is 0.124 e. The minimum atomic E-state index is -0.124. The normalized spacial score (nSPS) is 12.5. The van der Waals surface area contributed by atoms with Crippen LogP contribution in [0.2, 0.25) is 0 Å². The van der Waals surface area contributed by atoms with Crippen molar-refractivity contribution in [3.05, 3.63) is 47.9 Å². The van der Waals surface area contributed by atoms with Crippen LogP contribution in [0.4, 0.5) is 0 Å². The molecule has 0 saturated carbocycles. The number of aromatic hydroxyl groups is 2. The maximum atomic E-state index is 9.73. The van der Waals surface area contributed by atoms with E-state index in [1.54, 1.807) is 24.5 Å². The van der Waals surface area contributed by atoms with Gasteiger partial charge >= 0.3 is 0 Å². The third-order valence-electron chi connectivity index (χ3n) is 2.90. The molecule has 4 nitrogen and oxygen atoms in total. The number of rotatable bonds is 5. The third kappa shape index (κ3) is 2.84. The molecule has 0 fully saturated rings. The number of furan rings is 1. The largest absolute Gasteiger partial charge is 0.507 e. The van der Waals surface area contributed by atoms with E-state index >= 15 is 0 Å². The first-order chi connectivity index (χ1) is 8.68. The molecule has 1 aromatic carbocycles. The summed E-state index contributed by atoms with van der Waals surface area (Å²) >= 11 is 0. The van der Waals surface area contributed by atoms with Gasteiger partial charge in [0.2, 0.25) is 0 Å². The van der Waals surface area contributed by atoms with E-state index in [2.05, 4.69) is 5.32 Å². The predicted molar refractivity (Wildman–Crippen MR) is 68.6 cm³/mol. The molecule has 1 atom stereocenters. The topological polar surface area (TPSA) is 65.6 Å². The molecule has 1 unspecified atom stereocenters. The lowest BCUT2D eigenvalue weighted by molar-refractivity contribution is 0.416.